The van der Waals surface area contributed by atoms with Crippen LogP contribution in [0.4, 0.5) is 0 Å². The van der Waals surface area contributed by atoms with Crippen molar-refractivity contribution in [2.24, 2.45) is 5.92 Å². The fourth-order valence-electron chi connectivity index (χ4n) is 3.58. The Morgan fingerprint density at radius 3 is 2.56 bits per heavy atom. The predicted octanol–water partition coefficient (Wildman–Crippen LogP) is 2.42. The highest BCUT2D eigenvalue weighted by molar-refractivity contribution is 5.92. The monoisotopic (exact) mass is 369 g/mol. The summed E-state index contributed by atoms with van der Waals surface area (Å²) >= 11 is 0. The van der Waals surface area contributed by atoms with E-state index in [0.29, 0.717) is 5.92 Å². The molecule has 0 saturated heterocycles. The molecule has 1 heterocycles. The molecule has 7 nitrogen and oxygen atoms in total. The molecule has 0 unspecified atom stereocenters. The Morgan fingerprint density at radius 1 is 1.19 bits per heavy atom. The fourth-order valence-corrected chi connectivity index (χ4v) is 3.58. The van der Waals surface area contributed by atoms with Crippen molar-refractivity contribution in [3.63, 3.8) is 0 Å². The summed E-state index contributed by atoms with van der Waals surface area (Å²) in [4.78, 5) is 26.1. The van der Waals surface area contributed by atoms with Crippen molar-refractivity contribution in [3.05, 3.63) is 47.8 Å². The molecule has 0 radical (unpaired) electrons. The highest BCUT2D eigenvalue weighted by atomic mass is 16.2. The van der Waals surface area contributed by atoms with Gasteiger partial charge in [-0.3, -0.25) is 9.59 Å². The Kier molecular flexibility index (Phi) is 6.21. The van der Waals surface area contributed by atoms with Crippen LogP contribution in [0.5, 0.6) is 0 Å². The van der Waals surface area contributed by atoms with Crippen LogP contribution in [0.1, 0.15) is 54.2 Å². The third-order valence-electron chi connectivity index (χ3n) is 5.13. The molecule has 2 amide bonds. The molecule has 1 N–H and O–H groups in total. The number of aromatic nitrogens is 3. The number of hydrogen-bond acceptors (Lipinski definition) is 4. The minimum absolute atomic E-state index is 0.0347. The van der Waals surface area contributed by atoms with Gasteiger partial charge in [-0.05, 0) is 24.3 Å². The summed E-state index contributed by atoms with van der Waals surface area (Å²) in [6.07, 6.45) is 7.42. The highest BCUT2D eigenvalue weighted by Gasteiger charge is 2.27. The number of carbonyl (C=O) groups excluding carboxylic acids is 2. The van der Waals surface area contributed by atoms with E-state index in [9.17, 15) is 9.59 Å². The molecule has 3 rings (SSSR count). The first-order valence-corrected chi connectivity index (χ1v) is 9.50. The second-order valence-electron chi connectivity index (χ2n) is 7.35. The van der Waals surface area contributed by atoms with E-state index in [4.69, 9.17) is 0 Å². The Morgan fingerprint density at radius 2 is 1.89 bits per heavy atom. The number of nitrogens with one attached hydrogen (secondary N) is 1. The molecular weight excluding hydrogens is 342 g/mol. The van der Waals surface area contributed by atoms with Gasteiger partial charge >= 0.3 is 0 Å². The Balaban J connectivity index is 1.72. The van der Waals surface area contributed by atoms with Crippen molar-refractivity contribution in [1.29, 1.82) is 0 Å². The van der Waals surface area contributed by atoms with Gasteiger partial charge in [-0.25, -0.2) is 4.68 Å². The third-order valence-corrected chi connectivity index (χ3v) is 5.13. The first-order chi connectivity index (χ1) is 13.0. The van der Waals surface area contributed by atoms with Crippen LogP contribution in [0.15, 0.2) is 36.5 Å². The first-order valence-electron chi connectivity index (χ1n) is 9.50. The normalized spacial score (nSPS) is 15.9. The number of hydrogen-bond donors (Lipinski definition) is 1. The second kappa shape index (κ2) is 8.79. The van der Waals surface area contributed by atoms with Crippen LogP contribution in [-0.4, -0.2) is 45.8 Å². The first kappa shape index (κ1) is 19.1. The molecule has 1 saturated carbocycles. The van der Waals surface area contributed by atoms with Crippen LogP contribution in [-0.2, 0) is 11.3 Å². The van der Waals surface area contributed by atoms with Crippen LogP contribution < -0.4 is 5.32 Å². The van der Waals surface area contributed by atoms with Gasteiger partial charge in [-0.2, -0.15) is 0 Å². The van der Waals surface area contributed by atoms with Gasteiger partial charge in [0.15, 0.2) is 5.69 Å². The molecule has 0 aliphatic heterocycles. The Bertz CT molecular complexity index is 766. The number of nitrogens with zero attached hydrogens (tertiary/aromatic N) is 4. The molecule has 1 aliphatic carbocycles. The quantitative estimate of drug-likeness (QED) is 0.848. The summed E-state index contributed by atoms with van der Waals surface area (Å²) in [5, 5.41) is 11.0. The van der Waals surface area contributed by atoms with Gasteiger partial charge in [0.1, 0.15) is 6.54 Å². The maximum absolute atomic E-state index is 12.8. The zero-order chi connectivity index (χ0) is 19.2. The van der Waals surface area contributed by atoms with E-state index in [1.54, 1.807) is 14.1 Å². The van der Waals surface area contributed by atoms with Crippen molar-refractivity contribution in [2.45, 2.75) is 44.7 Å². The molecule has 0 spiro atoms. The zero-order valence-electron chi connectivity index (χ0n) is 16.0. The lowest BCUT2D eigenvalue weighted by atomic mass is 9.81. The summed E-state index contributed by atoms with van der Waals surface area (Å²) in [5.74, 6) is 0.0738. The lowest BCUT2D eigenvalue weighted by Gasteiger charge is -2.31. The summed E-state index contributed by atoms with van der Waals surface area (Å²) in [6.45, 7) is 0.0675. The molecule has 1 atom stereocenters. The minimum atomic E-state index is -0.252. The summed E-state index contributed by atoms with van der Waals surface area (Å²) in [5.41, 5.74) is 1.35. The summed E-state index contributed by atoms with van der Waals surface area (Å²) in [6, 6.07) is 10.1. The number of carbonyl (C=O) groups is 2. The molecule has 1 aromatic carbocycles. The molecule has 27 heavy (non-hydrogen) atoms. The minimum Gasteiger partial charge on any atom is -0.347 e. The molecule has 1 aromatic heterocycles. The molecule has 0 bridgehead atoms. The van der Waals surface area contributed by atoms with Gasteiger partial charge in [0.05, 0.1) is 12.2 Å². The molecule has 2 aromatic rings. The lowest BCUT2D eigenvalue weighted by Crippen LogP contribution is -2.34. The van der Waals surface area contributed by atoms with Crippen LogP contribution in [0, 0.1) is 5.92 Å². The van der Waals surface area contributed by atoms with Crippen molar-refractivity contribution in [3.8, 4) is 0 Å². The Labute approximate surface area is 159 Å². The van der Waals surface area contributed by atoms with Crippen molar-refractivity contribution in [2.75, 3.05) is 14.1 Å². The molecule has 7 heteroatoms. The smallest absolute Gasteiger partial charge is 0.273 e. The molecule has 1 fully saturated rings. The van der Waals surface area contributed by atoms with Gasteiger partial charge in [0.25, 0.3) is 5.91 Å². The van der Waals surface area contributed by atoms with Crippen molar-refractivity contribution < 1.29 is 9.59 Å². The van der Waals surface area contributed by atoms with E-state index >= 15 is 0 Å². The van der Waals surface area contributed by atoms with Gasteiger partial charge < -0.3 is 10.2 Å². The van der Waals surface area contributed by atoms with Gasteiger partial charge in [0.2, 0.25) is 5.91 Å². The third kappa shape index (κ3) is 4.93. The SMILES string of the molecule is CN(C)C(=O)Cn1cc(C(=O)N[C@H](c2ccccc2)C2CCCCC2)nn1. The van der Waals surface area contributed by atoms with Gasteiger partial charge in [-0.15, -0.1) is 5.10 Å². The number of amides is 2. The fraction of sp³-hybridized carbons (Fsp3) is 0.500. The number of rotatable bonds is 6. The van der Waals surface area contributed by atoms with Crippen LogP contribution in [0.25, 0.3) is 0 Å². The molecule has 1 aliphatic rings. The van der Waals surface area contributed by atoms with Gasteiger partial charge in [0, 0.05) is 14.1 Å². The second-order valence-corrected chi connectivity index (χ2v) is 7.35. The maximum Gasteiger partial charge on any atom is 0.273 e. The van der Waals surface area contributed by atoms with Crippen LogP contribution in [0.3, 0.4) is 0 Å². The largest absolute Gasteiger partial charge is 0.347 e. The van der Waals surface area contributed by atoms with E-state index in [1.165, 1.54) is 35.0 Å². The molecular formula is C20H27N5O2. The number of likely N-dealkylation sites (N-methyl/N-ethyl adjacent to an activating group) is 1. The van der Waals surface area contributed by atoms with E-state index in [-0.39, 0.29) is 30.1 Å². The van der Waals surface area contributed by atoms with E-state index in [0.717, 1.165) is 18.4 Å². The average Bonchev–Trinajstić information content (AvgIpc) is 3.16. The van der Waals surface area contributed by atoms with Crippen molar-refractivity contribution >= 4 is 11.8 Å². The summed E-state index contributed by atoms with van der Waals surface area (Å²) < 4.78 is 1.40. The van der Waals surface area contributed by atoms with E-state index < -0.39 is 0 Å². The summed E-state index contributed by atoms with van der Waals surface area (Å²) in [7, 11) is 3.36. The molecule has 144 valence electrons. The predicted molar refractivity (Wildman–Crippen MR) is 102 cm³/mol. The van der Waals surface area contributed by atoms with Crippen LogP contribution in [0.2, 0.25) is 0 Å². The van der Waals surface area contributed by atoms with Crippen molar-refractivity contribution in [1.82, 2.24) is 25.2 Å². The Hall–Kier alpha value is -2.70. The van der Waals surface area contributed by atoms with Gasteiger partial charge in [-0.1, -0.05) is 54.8 Å². The maximum atomic E-state index is 12.8. The van der Waals surface area contributed by atoms with E-state index in [2.05, 4.69) is 27.8 Å². The average molecular weight is 369 g/mol. The zero-order valence-corrected chi connectivity index (χ0v) is 16.0. The number of benzene rings is 1. The standard InChI is InChI=1S/C20H27N5O2/c1-24(2)18(26)14-25-13-17(22-23-25)20(27)21-19(15-9-5-3-6-10-15)16-11-7-4-8-12-16/h3,5-6,9-10,13,16,19H,4,7-8,11-12,14H2,1-2H3,(H,21,27)/t19-/m1/s1. The topological polar surface area (TPSA) is 80.1 Å². The van der Waals surface area contributed by atoms with E-state index in [1.807, 2.05) is 18.2 Å². The van der Waals surface area contributed by atoms with Crippen LogP contribution >= 0.6 is 0 Å². The lowest BCUT2D eigenvalue weighted by molar-refractivity contribution is -0.129. The highest BCUT2D eigenvalue weighted by Crippen LogP contribution is 2.34.